The summed E-state index contributed by atoms with van der Waals surface area (Å²) in [5.41, 5.74) is 1.98. The first-order valence-corrected chi connectivity index (χ1v) is 8.03. The van der Waals surface area contributed by atoms with E-state index in [0.29, 0.717) is 13.0 Å². The molecule has 6 heteroatoms. The highest BCUT2D eigenvalue weighted by Crippen LogP contribution is 2.34. The molecule has 1 saturated heterocycles. The lowest BCUT2D eigenvalue weighted by Crippen LogP contribution is -2.50. The van der Waals surface area contributed by atoms with E-state index >= 15 is 0 Å². The van der Waals surface area contributed by atoms with Crippen LogP contribution in [-0.2, 0) is 22.5 Å². The summed E-state index contributed by atoms with van der Waals surface area (Å²) >= 11 is 0. The third-order valence-corrected chi connectivity index (χ3v) is 4.63. The van der Waals surface area contributed by atoms with Gasteiger partial charge in [-0.15, -0.1) is 0 Å². The lowest BCUT2D eigenvalue weighted by atomic mass is 9.92. The summed E-state index contributed by atoms with van der Waals surface area (Å²) in [6.45, 7) is 6.48. The van der Waals surface area contributed by atoms with Gasteiger partial charge >= 0.3 is 0 Å². The van der Waals surface area contributed by atoms with Crippen molar-refractivity contribution in [2.24, 2.45) is 0 Å². The van der Waals surface area contributed by atoms with E-state index in [-0.39, 0.29) is 11.4 Å². The van der Waals surface area contributed by atoms with Crippen molar-refractivity contribution in [3.8, 4) is 0 Å². The van der Waals surface area contributed by atoms with Gasteiger partial charge in [-0.1, -0.05) is 6.92 Å². The summed E-state index contributed by atoms with van der Waals surface area (Å²) in [4.78, 5) is 22.3. The van der Waals surface area contributed by atoms with Crippen molar-refractivity contribution in [1.82, 2.24) is 20.2 Å². The number of nitrogens with zero attached hydrogens (tertiary/aromatic N) is 2. The summed E-state index contributed by atoms with van der Waals surface area (Å²) in [5, 5.41) is 2.74. The molecule has 0 aliphatic carbocycles. The highest BCUT2D eigenvalue weighted by atomic mass is 16.5. The molecule has 1 aromatic rings. The SMILES string of the molecule is CCc1nc(CN2CCC[C@]2(COC)CC(=O)NC)c(C)[nH]1. The van der Waals surface area contributed by atoms with Gasteiger partial charge in [-0.3, -0.25) is 9.69 Å². The lowest BCUT2D eigenvalue weighted by Gasteiger charge is -2.37. The number of methoxy groups -OCH3 is 1. The molecular formula is C16H28N4O2. The van der Waals surface area contributed by atoms with Crippen molar-refractivity contribution in [1.29, 1.82) is 0 Å². The average Bonchev–Trinajstić information content (AvgIpc) is 3.04. The Labute approximate surface area is 132 Å². The van der Waals surface area contributed by atoms with Gasteiger partial charge < -0.3 is 15.0 Å². The number of imidazole rings is 1. The van der Waals surface area contributed by atoms with Crippen LogP contribution in [0.25, 0.3) is 0 Å². The van der Waals surface area contributed by atoms with Crippen molar-refractivity contribution < 1.29 is 9.53 Å². The number of likely N-dealkylation sites (tertiary alicyclic amines) is 1. The predicted octanol–water partition coefficient (Wildman–Crippen LogP) is 1.40. The molecule has 0 saturated carbocycles. The quantitative estimate of drug-likeness (QED) is 0.799. The number of aromatic amines is 1. The molecule has 0 radical (unpaired) electrons. The maximum absolute atomic E-state index is 11.9. The number of amides is 1. The number of rotatable bonds is 7. The minimum absolute atomic E-state index is 0.0666. The van der Waals surface area contributed by atoms with Crippen LogP contribution in [0, 0.1) is 6.92 Å². The molecule has 0 spiro atoms. The van der Waals surface area contributed by atoms with E-state index in [4.69, 9.17) is 4.74 Å². The van der Waals surface area contributed by atoms with Gasteiger partial charge in [0.1, 0.15) is 5.82 Å². The Morgan fingerprint density at radius 3 is 2.91 bits per heavy atom. The van der Waals surface area contributed by atoms with E-state index in [1.165, 1.54) is 0 Å². The van der Waals surface area contributed by atoms with Gasteiger partial charge in [-0.05, 0) is 26.3 Å². The highest BCUT2D eigenvalue weighted by Gasteiger charge is 2.42. The minimum atomic E-state index is -0.216. The van der Waals surface area contributed by atoms with E-state index < -0.39 is 0 Å². The molecule has 1 amide bonds. The van der Waals surface area contributed by atoms with Gasteiger partial charge in [0.05, 0.1) is 17.8 Å². The van der Waals surface area contributed by atoms with Gasteiger partial charge in [0, 0.05) is 39.2 Å². The number of hydrogen-bond acceptors (Lipinski definition) is 4. The number of aryl methyl sites for hydroxylation is 2. The molecule has 2 N–H and O–H groups in total. The largest absolute Gasteiger partial charge is 0.383 e. The van der Waals surface area contributed by atoms with Crippen LogP contribution in [0.5, 0.6) is 0 Å². The number of carbonyl (C=O) groups is 1. The molecule has 0 aromatic carbocycles. The third kappa shape index (κ3) is 3.50. The molecular weight excluding hydrogens is 280 g/mol. The molecule has 1 aliphatic heterocycles. The fraction of sp³-hybridized carbons (Fsp3) is 0.750. The summed E-state index contributed by atoms with van der Waals surface area (Å²) in [7, 11) is 3.39. The molecule has 124 valence electrons. The molecule has 1 aliphatic rings. The fourth-order valence-electron chi connectivity index (χ4n) is 3.38. The molecule has 22 heavy (non-hydrogen) atoms. The van der Waals surface area contributed by atoms with Crippen LogP contribution >= 0.6 is 0 Å². The summed E-state index contributed by atoms with van der Waals surface area (Å²) in [6.07, 6.45) is 3.45. The second-order valence-electron chi connectivity index (χ2n) is 6.14. The Balaban J connectivity index is 2.18. The van der Waals surface area contributed by atoms with Crippen LogP contribution in [-0.4, -0.2) is 53.6 Å². The molecule has 1 fully saturated rings. The first kappa shape index (κ1) is 17.0. The Morgan fingerprint density at radius 1 is 1.55 bits per heavy atom. The Bertz CT molecular complexity index is 514. The smallest absolute Gasteiger partial charge is 0.221 e. The number of aromatic nitrogens is 2. The zero-order valence-corrected chi connectivity index (χ0v) is 14.2. The molecule has 0 unspecified atom stereocenters. The van der Waals surface area contributed by atoms with Gasteiger partial charge in [0.15, 0.2) is 0 Å². The normalized spacial score (nSPS) is 22.2. The minimum Gasteiger partial charge on any atom is -0.383 e. The molecule has 0 bridgehead atoms. The number of carbonyl (C=O) groups excluding carboxylic acids is 1. The average molecular weight is 308 g/mol. The van der Waals surface area contributed by atoms with Gasteiger partial charge in [-0.25, -0.2) is 4.98 Å². The van der Waals surface area contributed by atoms with E-state index in [9.17, 15) is 4.79 Å². The van der Waals surface area contributed by atoms with E-state index in [2.05, 4.69) is 34.0 Å². The fourth-order valence-corrected chi connectivity index (χ4v) is 3.38. The van der Waals surface area contributed by atoms with Crippen LogP contribution in [0.1, 0.15) is 43.4 Å². The number of hydrogen-bond donors (Lipinski definition) is 2. The molecule has 6 nitrogen and oxygen atoms in total. The summed E-state index contributed by atoms with van der Waals surface area (Å²) < 4.78 is 5.45. The second-order valence-corrected chi connectivity index (χ2v) is 6.14. The maximum Gasteiger partial charge on any atom is 0.221 e. The third-order valence-electron chi connectivity index (χ3n) is 4.63. The Morgan fingerprint density at radius 2 is 2.32 bits per heavy atom. The topological polar surface area (TPSA) is 70.2 Å². The molecule has 2 heterocycles. The van der Waals surface area contributed by atoms with Crippen molar-refractivity contribution in [2.75, 3.05) is 27.3 Å². The van der Waals surface area contributed by atoms with E-state index in [0.717, 1.165) is 49.6 Å². The summed E-state index contributed by atoms with van der Waals surface area (Å²) in [6, 6.07) is 0. The molecule has 1 atom stereocenters. The summed E-state index contributed by atoms with van der Waals surface area (Å²) in [5.74, 6) is 1.09. The highest BCUT2D eigenvalue weighted by molar-refractivity contribution is 5.77. The van der Waals surface area contributed by atoms with Crippen molar-refractivity contribution in [3.63, 3.8) is 0 Å². The monoisotopic (exact) mass is 308 g/mol. The maximum atomic E-state index is 11.9. The van der Waals surface area contributed by atoms with E-state index in [1.807, 2.05) is 0 Å². The van der Waals surface area contributed by atoms with Crippen LogP contribution in [0.2, 0.25) is 0 Å². The number of ether oxygens (including phenoxy) is 1. The van der Waals surface area contributed by atoms with Crippen LogP contribution in [0.4, 0.5) is 0 Å². The van der Waals surface area contributed by atoms with Gasteiger partial charge in [0.2, 0.25) is 5.91 Å². The van der Waals surface area contributed by atoms with Gasteiger partial charge in [0.25, 0.3) is 0 Å². The van der Waals surface area contributed by atoms with Gasteiger partial charge in [-0.2, -0.15) is 0 Å². The molecule has 1 aromatic heterocycles. The van der Waals surface area contributed by atoms with Crippen LogP contribution in [0.15, 0.2) is 0 Å². The van der Waals surface area contributed by atoms with Crippen molar-refractivity contribution in [2.45, 2.75) is 51.6 Å². The van der Waals surface area contributed by atoms with Crippen LogP contribution < -0.4 is 5.32 Å². The van der Waals surface area contributed by atoms with E-state index in [1.54, 1.807) is 14.2 Å². The standard InChI is InChI=1S/C16H28N4O2/c1-5-14-18-12(2)13(19-14)10-20-8-6-7-16(20,11-22-4)9-15(21)17-3/h5-11H2,1-4H3,(H,17,21)(H,18,19)/t16-/m1/s1. The Hall–Kier alpha value is -1.40. The zero-order chi connectivity index (χ0) is 16.2. The molecule has 2 rings (SSSR count). The first-order chi connectivity index (χ1) is 10.5. The number of H-pyrrole nitrogens is 1. The van der Waals surface area contributed by atoms with Crippen molar-refractivity contribution in [3.05, 3.63) is 17.2 Å². The zero-order valence-electron chi connectivity index (χ0n) is 14.2. The number of nitrogens with one attached hydrogen (secondary N) is 2. The second kappa shape index (κ2) is 7.24. The van der Waals surface area contributed by atoms with Crippen LogP contribution in [0.3, 0.4) is 0 Å². The van der Waals surface area contributed by atoms with Crippen molar-refractivity contribution >= 4 is 5.91 Å². The Kier molecular flexibility index (Phi) is 5.58. The first-order valence-electron chi connectivity index (χ1n) is 8.03. The lowest BCUT2D eigenvalue weighted by molar-refractivity contribution is -0.124. The predicted molar refractivity (Wildman–Crippen MR) is 85.6 cm³/mol.